The highest BCUT2D eigenvalue weighted by Crippen LogP contribution is 2.45. The van der Waals surface area contributed by atoms with Crippen molar-refractivity contribution in [3.8, 4) is 17.2 Å². The van der Waals surface area contributed by atoms with Crippen LogP contribution < -0.4 is 14.4 Å². The second-order valence-electron chi connectivity index (χ2n) is 9.44. The largest absolute Gasteiger partial charge is 0.507 e. The minimum atomic E-state index is -0.996. The first kappa shape index (κ1) is 27.1. The highest BCUT2D eigenvalue weighted by molar-refractivity contribution is 6.52. The van der Waals surface area contributed by atoms with Crippen molar-refractivity contribution < 1.29 is 29.3 Å². The van der Waals surface area contributed by atoms with Gasteiger partial charge in [-0.2, -0.15) is 0 Å². The van der Waals surface area contributed by atoms with Crippen molar-refractivity contribution >= 4 is 34.7 Å². The summed E-state index contributed by atoms with van der Waals surface area (Å²) < 4.78 is 11.3. The molecule has 0 radical (unpaired) electrons. The lowest BCUT2D eigenvalue weighted by Gasteiger charge is -2.27. The maximum absolute atomic E-state index is 13.5. The number of hydrogen-bond donors (Lipinski definition) is 2. The molecular formula is C30H30ClNO6. The van der Waals surface area contributed by atoms with Crippen molar-refractivity contribution in [3.63, 3.8) is 0 Å². The molecule has 1 atom stereocenters. The van der Waals surface area contributed by atoms with E-state index in [4.69, 9.17) is 21.1 Å². The summed E-state index contributed by atoms with van der Waals surface area (Å²) in [5.74, 6) is -0.865. The summed E-state index contributed by atoms with van der Waals surface area (Å²) in [6.07, 6.45) is 0. The number of phenols is 1. The van der Waals surface area contributed by atoms with Crippen LogP contribution in [0.5, 0.6) is 17.2 Å². The van der Waals surface area contributed by atoms with Crippen molar-refractivity contribution in [3.05, 3.63) is 87.9 Å². The minimum Gasteiger partial charge on any atom is -0.507 e. The van der Waals surface area contributed by atoms with E-state index in [1.165, 1.54) is 11.0 Å². The maximum atomic E-state index is 13.5. The van der Waals surface area contributed by atoms with Crippen LogP contribution >= 0.6 is 11.6 Å². The van der Waals surface area contributed by atoms with Gasteiger partial charge in [-0.1, -0.05) is 37.6 Å². The van der Waals surface area contributed by atoms with Crippen molar-refractivity contribution in [2.45, 2.75) is 33.7 Å². The standard InChI is InChI=1S/C30H30ClNO6/c1-5-37-25-15-20(11-14-24(25)33)27-26(28(34)19-9-12-21(13-10-19)38-16-17(2)3)29(35)30(36)32(27)23-8-6-7-22(31)18(23)4/h6-15,17,27,33-34H,5,16H2,1-4H3/b28-26+. The summed E-state index contributed by atoms with van der Waals surface area (Å²) in [5.41, 5.74) is 1.79. The Hall–Kier alpha value is -3.97. The quantitative estimate of drug-likeness (QED) is 0.196. The molecule has 1 amide bonds. The molecule has 0 saturated carbocycles. The second-order valence-corrected chi connectivity index (χ2v) is 9.85. The van der Waals surface area contributed by atoms with E-state index in [0.717, 1.165) is 0 Å². The summed E-state index contributed by atoms with van der Waals surface area (Å²) in [5, 5.41) is 22.1. The Balaban J connectivity index is 1.89. The van der Waals surface area contributed by atoms with Crippen molar-refractivity contribution in [1.82, 2.24) is 0 Å². The molecule has 1 saturated heterocycles. The third kappa shape index (κ3) is 5.20. The molecule has 3 aromatic carbocycles. The molecule has 1 aliphatic rings. The Bertz CT molecular complexity index is 1400. The molecule has 7 nitrogen and oxygen atoms in total. The summed E-state index contributed by atoms with van der Waals surface area (Å²) in [7, 11) is 0. The second kappa shape index (κ2) is 11.2. The van der Waals surface area contributed by atoms with E-state index >= 15 is 0 Å². The van der Waals surface area contributed by atoms with E-state index < -0.39 is 17.7 Å². The fraction of sp³-hybridized carbons (Fsp3) is 0.267. The van der Waals surface area contributed by atoms with Crippen LogP contribution in [0, 0.1) is 12.8 Å². The zero-order valence-electron chi connectivity index (χ0n) is 21.7. The molecule has 0 aromatic heterocycles. The minimum absolute atomic E-state index is 0.0801. The van der Waals surface area contributed by atoms with Crippen LogP contribution in [0.4, 0.5) is 5.69 Å². The monoisotopic (exact) mass is 535 g/mol. The van der Waals surface area contributed by atoms with Gasteiger partial charge in [-0.25, -0.2) is 0 Å². The average molecular weight is 536 g/mol. The van der Waals surface area contributed by atoms with Crippen LogP contribution in [-0.4, -0.2) is 35.1 Å². The first-order valence-corrected chi connectivity index (χ1v) is 12.8. The number of hydrogen-bond acceptors (Lipinski definition) is 6. The zero-order valence-corrected chi connectivity index (χ0v) is 22.5. The molecule has 38 heavy (non-hydrogen) atoms. The van der Waals surface area contributed by atoms with Crippen molar-refractivity contribution in [2.75, 3.05) is 18.1 Å². The van der Waals surface area contributed by atoms with E-state index in [2.05, 4.69) is 0 Å². The highest BCUT2D eigenvalue weighted by Gasteiger charge is 2.47. The topological polar surface area (TPSA) is 96.3 Å². The van der Waals surface area contributed by atoms with Gasteiger partial charge in [0, 0.05) is 16.3 Å². The molecule has 198 valence electrons. The number of anilines is 1. The van der Waals surface area contributed by atoms with E-state index in [9.17, 15) is 19.8 Å². The normalized spacial score (nSPS) is 16.8. The van der Waals surface area contributed by atoms with E-state index in [1.807, 2.05) is 13.8 Å². The molecule has 4 rings (SSSR count). The van der Waals surface area contributed by atoms with Crippen LogP contribution in [0.25, 0.3) is 5.76 Å². The van der Waals surface area contributed by atoms with Crippen molar-refractivity contribution in [2.24, 2.45) is 5.92 Å². The number of ketones is 1. The maximum Gasteiger partial charge on any atom is 0.300 e. The summed E-state index contributed by atoms with van der Waals surface area (Å²) in [6, 6.07) is 15.4. The van der Waals surface area contributed by atoms with Gasteiger partial charge in [-0.05, 0) is 79.4 Å². The number of rotatable bonds is 8. The lowest BCUT2D eigenvalue weighted by molar-refractivity contribution is -0.132. The molecule has 1 unspecified atom stereocenters. The predicted octanol–water partition coefficient (Wildman–Crippen LogP) is 6.41. The number of halogens is 1. The summed E-state index contributed by atoms with van der Waals surface area (Å²) in [4.78, 5) is 28.3. The van der Waals surface area contributed by atoms with Gasteiger partial charge in [0.1, 0.15) is 11.5 Å². The van der Waals surface area contributed by atoms with Crippen LogP contribution in [0.1, 0.15) is 43.5 Å². The molecule has 3 aromatic rings. The van der Waals surface area contributed by atoms with Crippen molar-refractivity contribution in [1.29, 1.82) is 0 Å². The van der Waals surface area contributed by atoms with Gasteiger partial charge >= 0.3 is 0 Å². The van der Waals surface area contributed by atoms with Crippen LogP contribution in [0.2, 0.25) is 5.02 Å². The number of aliphatic hydroxyl groups excluding tert-OH is 1. The number of nitrogens with zero attached hydrogens (tertiary/aromatic N) is 1. The Morgan fingerprint density at radius 2 is 1.76 bits per heavy atom. The van der Waals surface area contributed by atoms with Crippen LogP contribution in [0.15, 0.2) is 66.2 Å². The Morgan fingerprint density at radius 1 is 1.05 bits per heavy atom. The third-order valence-corrected chi connectivity index (χ3v) is 6.66. The first-order chi connectivity index (χ1) is 18.1. The van der Waals surface area contributed by atoms with Gasteiger partial charge in [-0.15, -0.1) is 0 Å². The smallest absolute Gasteiger partial charge is 0.300 e. The Kier molecular flexibility index (Phi) is 7.97. The molecular weight excluding hydrogens is 506 g/mol. The average Bonchev–Trinajstić information content (AvgIpc) is 3.16. The molecule has 0 spiro atoms. The number of amides is 1. The number of carbonyl (C=O) groups is 2. The van der Waals surface area contributed by atoms with Gasteiger partial charge in [0.2, 0.25) is 0 Å². The number of aromatic hydroxyl groups is 1. The van der Waals surface area contributed by atoms with Gasteiger partial charge in [0.15, 0.2) is 11.5 Å². The SMILES string of the molecule is CCOc1cc(C2/C(=C(\O)c3ccc(OCC(C)C)cc3)C(=O)C(=O)N2c2cccc(Cl)c2C)ccc1O. The van der Waals surface area contributed by atoms with E-state index in [0.29, 0.717) is 52.3 Å². The fourth-order valence-electron chi connectivity index (χ4n) is 4.35. The number of aliphatic hydroxyl groups is 1. The van der Waals surface area contributed by atoms with Crippen LogP contribution in [-0.2, 0) is 9.59 Å². The lowest BCUT2D eigenvalue weighted by Crippen LogP contribution is -2.30. The molecule has 1 fully saturated rings. The van der Waals surface area contributed by atoms with Gasteiger partial charge in [0.05, 0.1) is 24.8 Å². The number of benzene rings is 3. The number of carbonyl (C=O) groups excluding carboxylic acids is 2. The number of phenolic OH excluding ortho intramolecular Hbond substituents is 1. The van der Waals surface area contributed by atoms with Gasteiger partial charge < -0.3 is 19.7 Å². The Labute approximate surface area is 226 Å². The summed E-state index contributed by atoms with van der Waals surface area (Å²) in [6.45, 7) is 8.46. The number of ether oxygens (including phenoxy) is 2. The predicted molar refractivity (Wildman–Crippen MR) is 147 cm³/mol. The molecule has 1 aliphatic heterocycles. The zero-order chi connectivity index (χ0) is 27.6. The van der Waals surface area contributed by atoms with Gasteiger partial charge in [-0.3, -0.25) is 14.5 Å². The Morgan fingerprint density at radius 3 is 2.42 bits per heavy atom. The third-order valence-electron chi connectivity index (χ3n) is 6.25. The highest BCUT2D eigenvalue weighted by atomic mass is 35.5. The first-order valence-electron chi connectivity index (χ1n) is 12.4. The molecule has 0 bridgehead atoms. The summed E-state index contributed by atoms with van der Waals surface area (Å²) >= 11 is 6.36. The number of Topliss-reactive ketones (excluding diaryl/α,β-unsaturated/α-hetero) is 1. The lowest BCUT2D eigenvalue weighted by atomic mass is 9.94. The van der Waals surface area contributed by atoms with Crippen LogP contribution in [0.3, 0.4) is 0 Å². The fourth-order valence-corrected chi connectivity index (χ4v) is 4.52. The molecule has 0 aliphatic carbocycles. The molecule has 8 heteroatoms. The molecule has 1 heterocycles. The van der Waals surface area contributed by atoms with Gasteiger partial charge in [0.25, 0.3) is 11.7 Å². The van der Waals surface area contributed by atoms with E-state index in [1.54, 1.807) is 68.4 Å². The molecule has 2 N–H and O–H groups in total. The van der Waals surface area contributed by atoms with E-state index in [-0.39, 0.29) is 22.8 Å².